The van der Waals surface area contributed by atoms with Crippen LogP contribution in [0.2, 0.25) is 0 Å². The first-order chi connectivity index (χ1) is 9.81. The Hall–Kier alpha value is -1.16. The quantitative estimate of drug-likeness (QED) is 0.682. The van der Waals surface area contributed by atoms with Crippen LogP contribution >= 0.6 is 15.9 Å². The highest BCUT2D eigenvalue weighted by Gasteiger charge is 2.21. The number of ether oxygens (including phenoxy) is 2. The number of halogens is 1. The Bertz CT molecular complexity index is 618. The van der Waals surface area contributed by atoms with E-state index in [4.69, 9.17) is 14.6 Å². The van der Waals surface area contributed by atoms with E-state index in [1.807, 2.05) is 0 Å². The predicted octanol–water partition coefficient (Wildman–Crippen LogP) is 0.871. The number of carbonyl (C=O) groups excluding carboxylic acids is 1. The van der Waals surface area contributed by atoms with Crippen LogP contribution in [0.3, 0.4) is 0 Å². The van der Waals surface area contributed by atoms with Crippen molar-refractivity contribution in [3.05, 3.63) is 22.2 Å². The molecule has 1 aromatic carbocycles. The van der Waals surface area contributed by atoms with Crippen LogP contribution in [0.1, 0.15) is 16.8 Å². The van der Waals surface area contributed by atoms with Crippen molar-refractivity contribution in [3.63, 3.8) is 0 Å². The van der Waals surface area contributed by atoms with Gasteiger partial charge in [-0.3, -0.25) is 4.79 Å². The number of hydrogen-bond donors (Lipinski definition) is 2. The highest BCUT2D eigenvalue weighted by molar-refractivity contribution is 9.10. The maximum Gasteiger partial charge on any atom is 0.251 e. The first kappa shape index (κ1) is 17.9. The van der Waals surface area contributed by atoms with Crippen LogP contribution in [-0.4, -0.2) is 41.7 Å². The van der Waals surface area contributed by atoms with Gasteiger partial charge in [-0.05, 0) is 34.5 Å². The Morgan fingerprint density at radius 2 is 2.05 bits per heavy atom. The lowest BCUT2D eigenvalue weighted by Gasteiger charge is -2.12. The molecule has 118 valence electrons. The molecule has 0 atom stereocenters. The zero-order valence-corrected chi connectivity index (χ0v) is 14.1. The molecule has 0 aliphatic rings. The van der Waals surface area contributed by atoms with Gasteiger partial charge in [-0.25, -0.2) is 13.6 Å². The maximum absolute atomic E-state index is 12.0. The second kappa shape index (κ2) is 7.74. The number of sulfonamides is 1. The Balaban J connectivity index is 3.04. The van der Waals surface area contributed by atoms with Crippen molar-refractivity contribution < 1.29 is 22.7 Å². The van der Waals surface area contributed by atoms with Crippen molar-refractivity contribution in [2.45, 2.75) is 11.3 Å². The van der Waals surface area contributed by atoms with E-state index < -0.39 is 15.9 Å². The summed E-state index contributed by atoms with van der Waals surface area (Å²) in [4.78, 5) is 11.7. The second-order valence-electron chi connectivity index (χ2n) is 4.14. The van der Waals surface area contributed by atoms with Gasteiger partial charge in [-0.15, -0.1) is 0 Å². The van der Waals surface area contributed by atoms with Crippen molar-refractivity contribution in [1.29, 1.82) is 0 Å². The van der Waals surface area contributed by atoms with E-state index >= 15 is 0 Å². The zero-order valence-electron chi connectivity index (χ0n) is 11.7. The molecule has 7 nitrogen and oxygen atoms in total. The Morgan fingerprint density at radius 1 is 1.38 bits per heavy atom. The van der Waals surface area contributed by atoms with E-state index in [1.165, 1.54) is 19.2 Å². The van der Waals surface area contributed by atoms with Crippen molar-refractivity contribution in [2.24, 2.45) is 5.14 Å². The topological polar surface area (TPSA) is 108 Å². The maximum atomic E-state index is 12.0. The Morgan fingerprint density at radius 3 is 2.57 bits per heavy atom. The van der Waals surface area contributed by atoms with Gasteiger partial charge in [0, 0.05) is 25.8 Å². The molecule has 0 fully saturated rings. The highest BCUT2D eigenvalue weighted by Crippen LogP contribution is 2.33. The summed E-state index contributed by atoms with van der Waals surface area (Å²) < 4.78 is 33.3. The third kappa shape index (κ3) is 4.95. The predicted molar refractivity (Wildman–Crippen MR) is 80.9 cm³/mol. The van der Waals surface area contributed by atoms with Gasteiger partial charge in [0.2, 0.25) is 10.0 Å². The Kier molecular flexibility index (Phi) is 6.59. The lowest BCUT2D eigenvalue weighted by molar-refractivity contribution is 0.0948. The number of nitrogens with two attached hydrogens (primary N) is 1. The van der Waals surface area contributed by atoms with E-state index in [-0.39, 0.29) is 16.2 Å². The smallest absolute Gasteiger partial charge is 0.251 e. The molecule has 0 aliphatic carbocycles. The van der Waals surface area contributed by atoms with Gasteiger partial charge in [0.1, 0.15) is 4.90 Å². The Labute approximate surface area is 132 Å². The van der Waals surface area contributed by atoms with Crippen LogP contribution in [0.25, 0.3) is 0 Å². The highest BCUT2D eigenvalue weighted by atomic mass is 79.9. The number of carbonyl (C=O) groups is 1. The summed E-state index contributed by atoms with van der Waals surface area (Å²) in [5.41, 5.74) is 0.170. The summed E-state index contributed by atoms with van der Waals surface area (Å²) in [6.07, 6.45) is 0.654. The van der Waals surface area contributed by atoms with Gasteiger partial charge in [-0.2, -0.15) is 0 Å². The number of rotatable bonds is 7. The molecule has 1 aromatic rings. The van der Waals surface area contributed by atoms with Crippen molar-refractivity contribution in [3.8, 4) is 5.75 Å². The first-order valence-corrected chi connectivity index (χ1v) is 8.32. The van der Waals surface area contributed by atoms with Crippen molar-refractivity contribution in [2.75, 3.05) is 27.4 Å². The molecule has 0 saturated heterocycles. The molecule has 0 aliphatic heterocycles. The minimum atomic E-state index is -4.01. The number of amides is 1. The lowest BCUT2D eigenvalue weighted by Crippen LogP contribution is -2.26. The number of hydrogen-bond acceptors (Lipinski definition) is 5. The van der Waals surface area contributed by atoms with E-state index in [2.05, 4.69) is 21.2 Å². The molecule has 21 heavy (non-hydrogen) atoms. The number of nitrogens with one attached hydrogen (secondary N) is 1. The van der Waals surface area contributed by atoms with Crippen LogP contribution in [0.4, 0.5) is 0 Å². The molecular weight excluding hydrogens is 364 g/mol. The van der Waals surface area contributed by atoms with E-state index in [1.54, 1.807) is 7.11 Å². The molecule has 0 heterocycles. The van der Waals surface area contributed by atoms with Crippen molar-refractivity contribution >= 4 is 31.9 Å². The summed E-state index contributed by atoms with van der Waals surface area (Å²) in [5, 5.41) is 7.79. The summed E-state index contributed by atoms with van der Waals surface area (Å²) in [7, 11) is -1.12. The monoisotopic (exact) mass is 380 g/mol. The molecule has 1 rings (SSSR count). The van der Waals surface area contributed by atoms with E-state index in [0.29, 0.717) is 24.0 Å². The summed E-state index contributed by atoms with van der Waals surface area (Å²) in [6.45, 7) is 0.941. The van der Waals surface area contributed by atoms with Crippen LogP contribution in [0.5, 0.6) is 5.75 Å². The second-order valence-corrected chi connectivity index (χ2v) is 6.52. The average Bonchev–Trinajstić information content (AvgIpc) is 2.41. The van der Waals surface area contributed by atoms with Crippen LogP contribution in [0, 0.1) is 0 Å². The molecular formula is C12H17BrN2O5S. The molecule has 1 amide bonds. The lowest BCUT2D eigenvalue weighted by atomic mass is 10.2. The van der Waals surface area contributed by atoms with Gasteiger partial charge < -0.3 is 14.8 Å². The normalized spacial score (nSPS) is 11.2. The molecule has 0 radical (unpaired) electrons. The fourth-order valence-corrected chi connectivity index (χ4v) is 3.13. The van der Waals surface area contributed by atoms with Gasteiger partial charge in [0.25, 0.3) is 5.91 Å². The number of methoxy groups -OCH3 is 2. The zero-order chi connectivity index (χ0) is 16.0. The van der Waals surface area contributed by atoms with E-state index in [0.717, 1.165) is 0 Å². The molecule has 3 N–H and O–H groups in total. The minimum Gasteiger partial charge on any atom is -0.494 e. The van der Waals surface area contributed by atoms with Crippen molar-refractivity contribution in [1.82, 2.24) is 5.32 Å². The third-order valence-electron chi connectivity index (χ3n) is 2.59. The molecule has 0 bridgehead atoms. The van der Waals surface area contributed by atoms with E-state index in [9.17, 15) is 13.2 Å². The van der Waals surface area contributed by atoms with Gasteiger partial charge in [0.05, 0.1) is 11.6 Å². The third-order valence-corrected chi connectivity index (χ3v) is 4.10. The standard InChI is InChI=1S/C12H17BrN2O5S/c1-19-5-3-4-15-12(16)8-6-9(13)11(20-2)10(7-8)21(14,17)18/h6-7H,3-5H2,1-2H3,(H,15,16)(H2,14,17,18). The number of benzene rings is 1. The number of primary sulfonamides is 1. The molecule has 0 saturated carbocycles. The minimum absolute atomic E-state index is 0.0634. The summed E-state index contributed by atoms with van der Waals surface area (Å²) >= 11 is 3.17. The summed E-state index contributed by atoms with van der Waals surface area (Å²) in [6, 6.07) is 2.66. The van der Waals surface area contributed by atoms with Crippen LogP contribution in [0.15, 0.2) is 21.5 Å². The van der Waals surface area contributed by atoms with Crippen LogP contribution in [-0.2, 0) is 14.8 Å². The SMILES string of the molecule is COCCCNC(=O)c1cc(Br)c(OC)c(S(N)(=O)=O)c1. The summed E-state index contributed by atoms with van der Waals surface area (Å²) in [5.74, 6) is -0.340. The molecule has 0 spiro atoms. The van der Waals surface area contributed by atoms with Crippen LogP contribution < -0.4 is 15.2 Å². The fourth-order valence-electron chi connectivity index (χ4n) is 1.63. The largest absolute Gasteiger partial charge is 0.494 e. The molecule has 0 aromatic heterocycles. The molecule has 9 heteroatoms. The van der Waals surface area contributed by atoms with Gasteiger partial charge >= 0.3 is 0 Å². The molecule has 0 unspecified atom stereocenters. The van der Waals surface area contributed by atoms with Gasteiger partial charge in [0.15, 0.2) is 5.75 Å². The fraction of sp³-hybridized carbons (Fsp3) is 0.417. The van der Waals surface area contributed by atoms with Gasteiger partial charge in [-0.1, -0.05) is 0 Å². The average molecular weight is 381 g/mol. The first-order valence-electron chi connectivity index (χ1n) is 5.98.